The molecule has 200 valence electrons. The zero-order chi connectivity index (χ0) is 26.1. The summed E-state index contributed by atoms with van der Waals surface area (Å²) in [5, 5.41) is 4.40. The topological polar surface area (TPSA) is 66.4 Å². The van der Waals surface area contributed by atoms with Gasteiger partial charge in [-0.15, -0.1) is 22.4 Å². The maximum absolute atomic E-state index is 10.0. The molecule has 3 aliphatic heterocycles. The summed E-state index contributed by atoms with van der Waals surface area (Å²) in [5.41, 5.74) is 1.23. The first-order valence-electron chi connectivity index (χ1n) is 12.0. The number of hydrogen-bond acceptors (Lipinski definition) is 7. The molecule has 3 rings (SSSR count). The number of nitrogens with one attached hydrogen (secondary N) is 1. The third kappa shape index (κ3) is 14.2. The number of allylic oxidation sites excluding steroid dienone is 2. The zero-order valence-corrected chi connectivity index (χ0v) is 23.9. The van der Waals surface area contributed by atoms with Gasteiger partial charge in [0.15, 0.2) is 0 Å². The highest BCUT2D eigenvalue weighted by Crippen LogP contribution is 2.37. The maximum atomic E-state index is 10.0. The van der Waals surface area contributed by atoms with Crippen molar-refractivity contribution in [2.24, 2.45) is 5.16 Å². The minimum Gasteiger partial charge on any atom is -0.378 e. The van der Waals surface area contributed by atoms with Crippen LogP contribution in [0.4, 0.5) is 0 Å². The van der Waals surface area contributed by atoms with Gasteiger partial charge in [-0.25, -0.2) is 0 Å². The van der Waals surface area contributed by atoms with Gasteiger partial charge < -0.3 is 19.4 Å². The molecule has 35 heavy (non-hydrogen) atoms. The van der Waals surface area contributed by atoms with Gasteiger partial charge in [-0.3, -0.25) is 9.52 Å². The predicted octanol–water partition coefficient (Wildman–Crippen LogP) is 5.18. The molecule has 3 heterocycles. The molecule has 0 saturated carbocycles. The van der Waals surface area contributed by atoms with E-state index in [9.17, 15) is 4.79 Å². The maximum Gasteiger partial charge on any atom is 0.209 e. The molecule has 0 aliphatic carbocycles. The lowest BCUT2D eigenvalue weighted by atomic mass is 10.2. The van der Waals surface area contributed by atoms with Crippen LogP contribution >= 0.6 is 34.0 Å². The average molecular weight is 547 g/mol. The Labute approximate surface area is 224 Å². The number of ether oxygens (including phenoxy) is 1. The van der Waals surface area contributed by atoms with Gasteiger partial charge in [0, 0.05) is 55.0 Å². The molecule has 2 fully saturated rings. The second-order valence-electron chi connectivity index (χ2n) is 8.34. The Hall–Kier alpha value is -1.26. The van der Waals surface area contributed by atoms with E-state index in [1.54, 1.807) is 22.9 Å². The van der Waals surface area contributed by atoms with Crippen molar-refractivity contribution in [2.75, 3.05) is 45.6 Å². The molecule has 0 aromatic heterocycles. The van der Waals surface area contributed by atoms with E-state index < -0.39 is 0 Å². The molecule has 0 aromatic carbocycles. The van der Waals surface area contributed by atoms with E-state index in [0.29, 0.717) is 30.3 Å². The summed E-state index contributed by atoms with van der Waals surface area (Å²) in [5.74, 6) is 5.86. The Kier molecular flexibility index (Phi) is 17.2. The van der Waals surface area contributed by atoms with Gasteiger partial charge in [0.1, 0.15) is 5.76 Å². The fourth-order valence-electron chi connectivity index (χ4n) is 3.61. The van der Waals surface area contributed by atoms with Crippen LogP contribution in [0.15, 0.2) is 40.2 Å². The van der Waals surface area contributed by atoms with Gasteiger partial charge in [-0.05, 0) is 46.6 Å². The summed E-state index contributed by atoms with van der Waals surface area (Å²) < 4.78 is 9.12. The fraction of sp³-hybridized carbons (Fsp3) is 0.640. The molecule has 10 heteroatoms. The number of nitrogens with zero attached hydrogens (tertiary/aromatic N) is 3. The standard InChI is InChI=1S/C12H20N2O.C8H14ClNS2.C5H9NO2/c1-5-13-15-12(4)9-11(3)14-8-6-7-10(14)2;1-10-12(2)6-5-7-3-4-8(9)11-7;7-5-6-1-3-8-4-2-6/h5,11H,2,4,6-9H2,1,3H3;4,7,10H,2-3,5-6H2,1H3;5H,1-4H2/b13-5-;;/t11-;;/m1../s1. The molecular weight excluding hydrogens is 504 g/mol. The van der Waals surface area contributed by atoms with Gasteiger partial charge in [-0.1, -0.05) is 41.9 Å². The molecule has 0 bridgehead atoms. The highest BCUT2D eigenvalue weighted by atomic mass is 35.5. The van der Waals surface area contributed by atoms with Crippen LogP contribution in [0.25, 0.3) is 0 Å². The first-order chi connectivity index (χ1) is 16.8. The highest BCUT2D eigenvalue weighted by molar-refractivity contribution is 8.12. The molecule has 2 unspecified atom stereocenters. The minimum atomic E-state index is 0.136. The van der Waals surface area contributed by atoms with Gasteiger partial charge in [0.2, 0.25) is 6.41 Å². The Bertz CT molecular complexity index is 742. The largest absolute Gasteiger partial charge is 0.378 e. The van der Waals surface area contributed by atoms with Crippen molar-refractivity contribution in [3.05, 3.63) is 35.1 Å². The van der Waals surface area contributed by atoms with Crippen molar-refractivity contribution < 1.29 is 14.4 Å². The van der Waals surface area contributed by atoms with Crippen LogP contribution in [0, 0.1) is 0 Å². The average Bonchev–Trinajstić information content (AvgIpc) is 3.50. The third-order valence-electron chi connectivity index (χ3n) is 5.60. The lowest BCUT2D eigenvalue weighted by Crippen LogP contribution is -2.34. The van der Waals surface area contributed by atoms with Crippen molar-refractivity contribution >= 4 is 52.5 Å². The van der Waals surface area contributed by atoms with Gasteiger partial charge in [0.05, 0.1) is 17.6 Å². The second-order valence-corrected chi connectivity index (χ2v) is 12.1. The molecule has 3 aliphatic rings. The van der Waals surface area contributed by atoms with E-state index in [1.807, 2.05) is 14.0 Å². The molecule has 0 aromatic rings. The smallest absolute Gasteiger partial charge is 0.209 e. The van der Waals surface area contributed by atoms with Crippen LogP contribution in [0.5, 0.6) is 0 Å². The van der Waals surface area contributed by atoms with Gasteiger partial charge >= 0.3 is 0 Å². The summed E-state index contributed by atoms with van der Waals surface area (Å²) in [6.07, 6.45) is 10.1. The number of carbonyl (C=O) groups excluding carboxylic acids is 1. The zero-order valence-electron chi connectivity index (χ0n) is 21.5. The number of oxime groups is 1. The van der Waals surface area contributed by atoms with E-state index in [0.717, 1.165) is 55.4 Å². The van der Waals surface area contributed by atoms with Crippen LogP contribution in [0.3, 0.4) is 0 Å². The highest BCUT2D eigenvalue weighted by Gasteiger charge is 2.21. The van der Waals surface area contributed by atoms with E-state index in [2.05, 4.69) is 46.8 Å². The first-order valence-corrected chi connectivity index (χ1v) is 14.9. The molecule has 3 atom stereocenters. The van der Waals surface area contributed by atoms with Crippen molar-refractivity contribution in [3.8, 4) is 0 Å². The number of amides is 1. The van der Waals surface area contributed by atoms with E-state index in [1.165, 1.54) is 18.5 Å². The van der Waals surface area contributed by atoms with Crippen molar-refractivity contribution in [2.45, 2.75) is 57.2 Å². The Morgan fingerprint density at radius 3 is 2.66 bits per heavy atom. The lowest BCUT2D eigenvalue weighted by Gasteiger charge is -2.27. The normalized spacial score (nSPS) is 21.4. The first kappa shape index (κ1) is 31.8. The Morgan fingerprint density at radius 2 is 2.17 bits per heavy atom. The van der Waals surface area contributed by atoms with E-state index >= 15 is 0 Å². The summed E-state index contributed by atoms with van der Waals surface area (Å²) in [6.45, 7) is 15.9. The number of morpholine rings is 1. The number of rotatable bonds is 10. The summed E-state index contributed by atoms with van der Waals surface area (Å²) in [4.78, 5) is 19.1. The number of carbonyl (C=O) groups is 1. The van der Waals surface area contributed by atoms with Gasteiger partial charge in [-0.2, -0.15) is 0 Å². The minimum absolute atomic E-state index is 0.136. The lowest BCUT2D eigenvalue weighted by molar-refractivity contribution is -0.121. The monoisotopic (exact) mass is 546 g/mol. The van der Waals surface area contributed by atoms with Crippen LogP contribution in [0.1, 0.15) is 46.0 Å². The molecule has 7 nitrogen and oxygen atoms in total. The van der Waals surface area contributed by atoms with Crippen molar-refractivity contribution in [1.82, 2.24) is 14.5 Å². The Morgan fingerprint density at radius 1 is 1.46 bits per heavy atom. The van der Waals surface area contributed by atoms with E-state index in [-0.39, 0.29) is 10.7 Å². The number of likely N-dealkylation sites (tertiary alicyclic amines) is 1. The SMILES string of the molecule is C=C(C[C@@H](C)N1CCCC1=C)O/N=C\C.C=S(CCC1CC=C(Cl)S1)NC.O=CN1CCOCC1. The molecule has 1 N–H and O–H groups in total. The van der Waals surface area contributed by atoms with Crippen molar-refractivity contribution in [1.29, 1.82) is 0 Å². The van der Waals surface area contributed by atoms with Crippen LogP contribution in [0.2, 0.25) is 0 Å². The number of thioether (sulfide) groups is 1. The summed E-state index contributed by atoms with van der Waals surface area (Å²) >= 11 is 7.64. The fourth-order valence-corrected chi connectivity index (χ4v) is 5.93. The summed E-state index contributed by atoms with van der Waals surface area (Å²) in [6, 6.07) is 0.402. The molecule has 0 radical (unpaired) electrons. The molecule has 1 amide bonds. The summed E-state index contributed by atoms with van der Waals surface area (Å²) in [7, 11) is 2.10. The molecule has 0 spiro atoms. The quantitative estimate of drug-likeness (QED) is 0.134. The van der Waals surface area contributed by atoms with Crippen LogP contribution < -0.4 is 4.72 Å². The van der Waals surface area contributed by atoms with Crippen LogP contribution in [-0.4, -0.2) is 85.2 Å². The van der Waals surface area contributed by atoms with E-state index in [4.69, 9.17) is 21.2 Å². The predicted molar refractivity (Wildman–Crippen MR) is 155 cm³/mol. The van der Waals surface area contributed by atoms with Gasteiger partial charge in [0.25, 0.3) is 0 Å². The third-order valence-corrected chi connectivity index (χ3v) is 8.48. The van der Waals surface area contributed by atoms with Crippen molar-refractivity contribution in [3.63, 3.8) is 0 Å². The molecular formula is C25H43ClN4O3S2. The Balaban J connectivity index is 0.000000274. The number of halogens is 1. The van der Waals surface area contributed by atoms with Crippen LogP contribution in [-0.2, 0) is 14.4 Å². The molecule has 2 saturated heterocycles. The second kappa shape index (κ2) is 18.9. The number of hydrogen-bond donors (Lipinski definition) is 1.